The van der Waals surface area contributed by atoms with E-state index in [9.17, 15) is 9.59 Å². The Bertz CT molecular complexity index is 2860. The van der Waals surface area contributed by atoms with Gasteiger partial charge in [-0.2, -0.15) is 9.97 Å². The third-order valence-corrected chi connectivity index (χ3v) is 9.52. The lowest BCUT2D eigenvalue weighted by Crippen LogP contribution is -2.19. The lowest BCUT2D eigenvalue weighted by atomic mass is 10.1. The summed E-state index contributed by atoms with van der Waals surface area (Å²) in [4.78, 5) is 34.2. The summed E-state index contributed by atoms with van der Waals surface area (Å²) in [5.74, 6) is 1.40. The van der Waals surface area contributed by atoms with E-state index in [1.165, 1.54) is 12.5 Å². The minimum Gasteiger partial charge on any atom is -0.493 e. The molecule has 8 aromatic rings. The van der Waals surface area contributed by atoms with Crippen LogP contribution in [0.2, 0.25) is 10.0 Å². The number of fused-ring (bicyclic) bond motifs is 2. The summed E-state index contributed by atoms with van der Waals surface area (Å²) < 4.78 is 50.6. The second-order valence-corrected chi connectivity index (χ2v) is 14.9. The molecule has 4 aromatic heterocycles. The molecule has 0 fully saturated rings. The molecule has 0 amide bonds. The van der Waals surface area contributed by atoms with Crippen LogP contribution in [0.25, 0.3) is 67.6 Å². The Hall–Kier alpha value is -6.84. The van der Waals surface area contributed by atoms with Crippen molar-refractivity contribution in [3.63, 3.8) is 0 Å². The fraction of sp³-hybridized carbons (Fsp3) is 0.227. The number of halogens is 2. The number of hydrogen-bond acceptors (Lipinski definition) is 15. The van der Waals surface area contributed by atoms with E-state index in [0.717, 1.165) is 0 Å². The van der Waals surface area contributed by atoms with Crippen molar-refractivity contribution in [3.05, 3.63) is 95.4 Å². The number of carbonyl (C=O) groups excluding carboxylic acids is 2. The van der Waals surface area contributed by atoms with Gasteiger partial charge in [0.2, 0.25) is 11.6 Å². The zero-order valence-corrected chi connectivity index (χ0v) is 34.6. The van der Waals surface area contributed by atoms with Gasteiger partial charge in [0.25, 0.3) is 11.8 Å². The van der Waals surface area contributed by atoms with Crippen LogP contribution >= 0.6 is 23.2 Å². The van der Waals surface area contributed by atoms with Crippen LogP contribution in [0, 0.1) is 0 Å². The van der Waals surface area contributed by atoms with E-state index in [0.29, 0.717) is 83.1 Å². The molecule has 0 aliphatic rings. The fourth-order valence-electron chi connectivity index (χ4n) is 6.29. The van der Waals surface area contributed by atoms with Crippen molar-refractivity contribution in [2.75, 3.05) is 13.2 Å². The van der Waals surface area contributed by atoms with Crippen LogP contribution in [0.1, 0.15) is 40.5 Å². The van der Waals surface area contributed by atoms with E-state index in [2.05, 4.69) is 20.3 Å². The van der Waals surface area contributed by atoms with E-state index in [4.69, 9.17) is 64.8 Å². The molecule has 8 rings (SSSR count). The highest BCUT2D eigenvalue weighted by Gasteiger charge is 2.21. The van der Waals surface area contributed by atoms with Crippen LogP contribution < -0.4 is 18.9 Å². The Balaban J connectivity index is 0.823. The van der Waals surface area contributed by atoms with Gasteiger partial charge in [-0.25, -0.2) is 4.79 Å². The number of benzene rings is 4. The Kier molecular flexibility index (Phi) is 11.9. The maximum absolute atomic E-state index is 12.6. The van der Waals surface area contributed by atoms with Gasteiger partial charge in [-0.05, 0) is 107 Å². The molecule has 0 bridgehead atoms. The first-order valence-corrected chi connectivity index (χ1v) is 19.9. The van der Waals surface area contributed by atoms with Crippen LogP contribution in [0.15, 0.2) is 103 Å². The summed E-state index contributed by atoms with van der Waals surface area (Å²) in [5.41, 5.74) is 3.26. The predicted octanol–water partition coefficient (Wildman–Crippen LogP) is 10.8. The van der Waals surface area contributed by atoms with E-state index < -0.39 is 18.5 Å². The molecule has 4 heterocycles. The summed E-state index contributed by atoms with van der Waals surface area (Å²) >= 11 is 12.8. The van der Waals surface area contributed by atoms with Gasteiger partial charge >= 0.3 is 11.9 Å². The summed E-state index contributed by atoms with van der Waals surface area (Å²) in [6, 6.07) is 20.7. The maximum Gasteiger partial charge on any atom is 0.351 e. The third kappa shape index (κ3) is 9.17. The van der Waals surface area contributed by atoms with Crippen LogP contribution in [-0.2, 0) is 14.3 Å². The number of carbonyl (C=O) groups is 2. The average Bonchev–Trinajstić information content (AvgIpc) is 4.08. The van der Waals surface area contributed by atoms with Gasteiger partial charge in [-0.15, -0.1) is 0 Å². The van der Waals surface area contributed by atoms with Crippen molar-refractivity contribution in [3.8, 4) is 68.7 Å². The van der Waals surface area contributed by atoms with Crippen LogP contribution in [0.4, 0.5) is 0 Å². The molecular formula is C44H36Cl2N4O11. The van der Waals surface area contributed by atoms with Gasteiger partial charge in [0, 0.05) is 28.5 Å². The first-order valence-electron chi connectivity index (χ1n) is 19.1. The van der Waals surface area contributed by atoms with E-state index in [1.807, 2.05) is 27.7 Å². The first-order chi connectivity index (χ1) is 29.5. The van der Waals surface area contributed by atoms with E-state index in [1.54, 1.807) is 72.8 Å². The zero-order chi connectivity index (χ0) is 42.6. The van der Waals surface area contributed by atoms with Gasteiger partial charge in [0.1, 0.15) is 22.8 Å². The first kappa shape index (κ1) is 40.9. The smallest absolute Gasteiger partial charge is 0.351 e. The molecule has 0 saturated heterocycles. The van der Waals surface area contributed by atoms with Gasteiger partial charge in [-0.1, -0.05) is 33.5 Å². The average molecular weight is 868 g/mol. The fourth-order valence-corrected chi connectivity index (χ4v) is 6.74. The quantitative estimate of drug-likeness (QED) is 0.0507. The van der Waals surface area contributed by atoms with Crippen LogP contribution in [0.5, 0.6) is 23.0 Å². The highest BCUT2D eigenvalue weighted by Crippen LogP contribution is 2.38. The molecule has 0 aliphatic carbocycles. The summed E-state index contributed by atoms with van der Waals surface area (Å²) in [6.45, 7) is 7.27. The lowest BCUT2D eigenvalue weighted by molar-refractivity contribution is -0.161. The number of esters is 2. The van der Waals surface area contributed by atoms with Crippen molar-refractivity contribution in [2.24, 2.45) is 0 Å². The molecule has 0 atom stereocenters. The monoisotopic (exact) mass is 866 g/mol. The largest absolute Gasteiger partial charge is 0.493 e. The molecule has 15 nitrogen and oxygen atoms in total. The third-order valence-electron chi connectivity index (χ3n) is 8.93. The molecule has 312 valence electrons. The van der Waals surface area contributed by atoms with Gasteiger partial charge in [-0.3, -0.25) is 4.79 Å². The Morgan fingerprint density at radius 2 is 1.18 bits per heavy atom. The molecule has 17 heteroatoms. The number of ether oxygens (including phenoxy) is 5. The Morgan fingerprint density at radius 3 is 1.80 bits per heavy atom. The Labute approximate surface area is 357 Å². The number of furan rings is 2. The highest BCUT2D eigenvalue weighted by atomic mass is 35.5. The van der Waals surface area contributed by atoms with Crippen molar-refractivity contribution in [1.82, 2.24) is 20.3 Å². The van der Waals surface area contributed by atoms with Gasteiger partial charge in [0.15, 0.2) is 17.9 Å². The topological polar surface area (TPSA) is 184 Å². The van der Waals surface area contributed by atoms with Crippen molar-refractivity contribution >= 4 is 57.1 Å². The number of nitrogens with zero attached hydrogens (tertiary/aromatic N) is 4. The second kappa shape index (κ2) is 17.8. The molecular weight excluding hydrogens is 831 g/mol. The van der Waals surface area contributed by atoms with Gasteiger partial charge < -0.3 is 41.6 Å². The summed E-state index contributed by atoms with van der Waals surface area (Å²) in [7, 11) is 0. The zero-order valence-electron chi connectivity index (χ0n) is 33.1. The second-order valence-electron chi connectivity index (χ2n) is 14.1. The van der Waals surface area contributed by atoms with Crippen LogP contribution in [-0.4, -0.2) is 57.6 Å². The van der Waals surface area contributed by atoms with Crippen LogP contribution in [0.3, 0.4) is 0 Å². The Morgan fingerprint density at radius 1 is 0.623 bits per heavy atom. The minimum absolute atomic E-state index is 0.0301. The van der Waals surface area contributed by atoms with Gasteiger partial charge in [0.05, 0.1) is 52.3 Å². The maximum atomic E-state index is 12.6. The predicted molar refractivity (Wildman–Crippen MR) is 223 cm³/mol. The molecule has 61 heavy (non-hydrogen) atoms. The summed E-state index contributed by atoms with van der Waals surface area (Å²) in [6.07, 6.45) is 3.12. The van der Waals surface area contributed by atoms with E-state index in [-0.39, 0.29) is 49.2 Å². The minimum atomic E-state index is -0.874. The highest BCUT2D eigenvalue weighted by molar-refractivity contribution is 6.32. The molecule has 0 unspecified atom stereocenters. The molecule has 0 aliphatic heterocycles. The summed E-state index contributed by atoms with van der Waals surface area (Å²) in [5, 5.41) is 10.4. The molecule has 4 aromatic carbocycles. The van der Waals surface area contributed by atoms with Crippen molar-refractivity contribution in [2.45, 2.75) is 52.7 Å². The van der Waals surface area contributed by atoms with Crippen molar-refractivity contribution < 1.29 is 51.2 Å². The molecule has 0 N–H and O–H groups in total. The number of rotatable bonds is 16. The molecule has 0 spiro atoms. The number of aromatic nitrogens is 4. The lowest BCUT2D eigenvalue weighted by Gasteiger charge is -2.11. The number of hydrogen-bond donors (Lipinski definition) is 0. The molecule has 0 saturated carbocycles. The van der Waals surface area contributed by atoms with E-state index >= 15 is 0 Å². The van der Waals surface area contributed by atoms with Crippen molar-refractivity contribution in [1.29, 1.82) is 0 Å². The standard InChI is InChI=1S/C44H36Cl2N4O11/c1-23(2)57-34-11-7-25(20-31(34)45)43-47-41(49-60-43)28-9-14-36(40-27(28)15-18-55-40)56-22-38(52)59-37(51)6-5-17-53-33-13-10-30(39-29(33)16-19-54-39)42-48-44(61-50-42)26-8-12-35(32(46)21-26)58-24(3)4/h7-16,18-21,23-24H,5-6,17,22H2,1-4H3. The SMILES string of the molecule is CC(C)Oc1ccc(-c2nc(-c3ccc(OCC(=O)OC(=O)CCCOc4ccc(-c5noc(-c6ccc(OC(C)C)c(Cl)c6)n5)c5occc45)c4occc34)no2)cc1Cl. The molecule has 0 radical (unpaired) electrons. The normalized spacial score (nSPS) is 11.5.